The van der Waals surface area contributed by atoms with Crippen LogP contribution in [0.15, 0.2) is 54.6 Å². The van der Waals surface area contributed by atoms with Crippen LogP contribution in [0, 0.1) is 25.5 Å². The van der Waals surface area contributed by atoms with Gasteiger partial charge in [-0.25, -0.2) is 8.78 Å². The van der Waals surface area contributed by atoms with Crippen molar-refractivity contribution >= 4 is 14.0 Å². The van der Waals surface area contributed by atoms with Crippen LogP contribution in [-0.4, -0.2) is 8.80 Å². The van der Waals surface area contributed by atoms with Crippen molar-refractivity contribution in [1.82, 2.24) is 0 Å². The lowest BCUT2D eigenvalue weighted by Gasteiger charge is -2.21. The van der Waals surface area contributed by atoms with Gasteiger partial charge in [-0.05, 0) is 59.0 Å². The van der Waals surface area contributed by atoms with Crippen LogP contribution in [0.25, 0.3) is 22.3 Å². The third kappa shape index (κ3) is 3.16. The van der Waals surface area contributed by atoms with Gasteiger partial charge in [-0.1, -0.05) is 55.6 Å². The van der Waals surface area contributed by atoms with Gasteiger partial charge in [0, 0.05) is 0 Å². The highest BCUT2D eigenvalue weighted by atomic mass is 28.3. The summed E-state index contributed by atoms with van der Waals surface area (Å²) in [4.78, 5) is 0. The monoisotopic (exact) mass is 351 g/mol. The zero-order valence-corrected chi connectivity index (χ0v) is 16.0. The summed E-state index contributed by atoms with van der Waals surface area (Å²) < 4.78 is 28.9. The van der Waals surface area contributed by atoms with Gasteiger partial charge in [-0.2, -0.15) is 0 Å². The first-order chi connectivity index (χ1) is 11.9. The summed E-state index contributed by atoms with van der Waals surface area (Å²) >= 11 is 0. The minimum atomic E-state index is -0.965. The normalized spacial score (nSPS) is 11.2. The standard InChI is InChI=1S/C22H21F2Si/c1-14-8-5-9-15(2)20(14)16-10-6-11-17(22(16)25(3)4)21-18(23)12-7-13-19(21)24/h5-13H,1-4H3. The van der Waals surface area contributed by atoms with E-state index in [1.807, 2.05) is 18.2 Å². The maximum Gasteiger partial charge on any atom is 0.133 e. The number of rotatable bonds is 3. The van der Waals surface area contributed by atoms with Crippen LogP contribution < -0.4 is 5.19 Å². The highest BCUT2D eigenvalue weighted by Crippen LogP contribution is 2.32. The molecule has 0 aliphatic heterocycles. The second kappa shape index (κ2) is 6.93. The van der Waals surface area contributed by atoms with Crippen LogP contribution in [0.1, 0.15) is 11.1 Å². The lowest BCUT2D eigenvalue weighted by atomic mass is 9.92. The molecule has 0 fully saturated rings. The molecule has 3 aromatic rings. The first kappa shape index (κ1) is 17.6. The molecule has 25 heavy (non-hydrogen) atoms. The van der Waals surface area contributed by atoms with Crippen molar-refractivity contribution in [3.8, 4) is 22.3 Å². The highest BCUT2D eigenvalue weighted by Gasteiger charge is 2.21. The molecule has 127 valence electrons. The molecule has 0 nitrogen and oxygen atoms in total. The molecule has 3 heteroatoms. The van der Waals surface area contributed by atoms with Crippen molar-refractivity contribution in [3.05, 3.63) is 77.4 Å². The molecular weight excluding hydrogens is 330 g/mol. The van der Waals surface area contributed by atoms with Crippen molar-refractivity contribution in [1.29, 1.82) is 0 Å². The Morgan fingerprint density at radius 2 is 1.08 bits per heavy atom. The Bertz CT molecular complexity index is 819. The van der Waals surface area contributed by atoms with Crippen LogP contribution in [-0.2, 0) is 0 Å². The highest BCUT2D eigenvalue weighted by molar-refractivity contribution is 6.73. The van der Waals surface area contributed by atoms with Gasteiger partial charge >= 0.3 is 0 Å². The number of hydrogen-bond donors (Lipinski definition) is 0. The Kier molecular flexibility index (Phi) is 4.86. The van der Waals surface area contributed by atoms with Crippen LogP contribution in [0.5, 0.6) is 0 Å². The summed E-state index contributed by atoms with van der Waals surface area (Å²) in [6.45, 7) is 8.50. The lowest BCUT2D eigenvalue weighted by Crippen LogP contribution is -2.28. The number of hydrogen-bond acceptors (Lipinski definition) is 0. The van der Waals surface area contributed by atoms with Gasteiger partial charge in [0.05, 0.1) is 14.4 Å². The lowest BCUT2D eigenvalue weighted by molar-refractivity contribution is 0.590. The first-order valence-electron chi connectivity index (χ1n) is 8.36. The third-order valence-electron chi connectivity index (χ3n) is 4.55. The molecule has 0 N–H and O–H groups in total. The summed E-state index contributed by atoms with van der Waals surface area (Å²) in [6.07, 6.45) is 0. The molecule has 1 radical (unpaired) electrons. The van der Waals surface area contributed by atoms with Crippen molar-refractivity contribution in [3.63, 3.8) is 0 Å². The fourth-order valence-corrected chi connectivity index (χ4v) is 5.00. The minimum absolute atomic E-state index is 0.0804. The zero-order valence-electron chi connectivity index (χ0n) is 15.0. The van der Waals surface area contributed by atoms with Gasteiger partial charge in [-0.15, -0.1) is 0 Å². The third-order valence-corrected chi connectivity index (χ3v) is 6.09. The number of benzene rings is 3. The Hall–Kier alpha value is -2.26. The van der Waals surface area contributed by atoms with E-state index >= 15 is 0 Å². The molecule has 0 saturated carbocycles. The molecule has 3 aromatic carbocycles. The molecule has 0 unspecified atom stereocenters. The molecule has 3 rings (SSSR count). The van der Waals surface area contributed by atoms with E-state index in [9.17, 15) is 8.78 Å². The maximum absolute atomic E-state index is 14.4. The van der Waals surface area contributed by atoms with Crippen LogP contribution in [0.3, 0.4) is 0 Å². The van der Waals surface area contributed by atoms with E-state index in [2.05, 4.69) is 45.1 Å². The molecule has 0 aromatic heterocycles. The van der Waals surface area contributed by atoms with Gasteiger partial charge in [0.2, 0.25) is 0 Å². The van der Waals surface area contributed by atoms with Gasteiger partial charge in [-0.3, -0.25) is 0 Å². The molecular formula is C22H21F2Si. The van der Waals surface area contributed by atoms with Gasteiger partial charge in [0.15, 0.2) is 0 Å². The van der Waals surface area contributed by atoms with Crippen molar-refractivity contribution in [2.45, 2.75) is 26.9 Å². The van der Waals surface area contributed by atoms with Crippen LogP contribution in [0.4, 0.5) is 8.78 Å². The Morgan fingerprint density at radius 3 is 1.60 bits per heavy atom. The molecule has 0 spiro atoms. The smallest absolute Gasteiger partial charge is 0.133 e. The average Bonchev–Trinajstić information content (AvgIpc) is 2.54. The largest absolute Gasteiger partial charge is 0.206 e. The van der Waals surface area contributed by atoms with Crippen molar-refractivity contribution in [2.75, 3.05) is 0 Å². The Labute approximate surface area is 149 Å². The number of aryl methyl sites for hydroxylation is 2. The molecule has 0 aliphatic carbocycles. The fourth-order valence-electron chi connectivity index (χ4n) is 3.50. The topological polar surface area (TPSA) is 0 Å². The van der Waals surface area contributed by atoms with Gasteiger partial charge in [0.25, 0.3) is 0 Å². The fraction of sp³-hybridized carbons (Fsp3) is 0.182. The predicted octanol–water partition coefficient (Wildman–Crippen LogP) is 5.88. The zero-order chi connectivity index (χ0) is 18.1. The van der Waals surface area contributed by atoms with Crippen molar-refractivity contribution in [2.24, 2.45) is 0 Å². The molecule has 0 amide bonds. The summed E-state index contributed by atoms with van der Waals surface area (Å²) in [7, 11) is -0.965. The predicted molar refractivity (Wildman–Crippen MR) is 104 cm³/mol. The average molecular weight is 351 g/mol. The first-order valence-corrected chi connectivity index (χ1v) is 10.9. The summed E-state index contributed by atoms with van der Waals surface area (Å²) in [5.74, 6) is -1.02. The van der Waals surface area contributed by atoms with E-state index in [-0.39, 0.29) is 5.56 Å². The van der Waals surface area contributed by atoms with Crippen molar-refractivity contribution < 1.29 is 8.78 Å². The molecule has 0 bridgehead atoms. The van der Waals surface area contributed by atoms with Gasteiger partial charge in [0.1, 0.15) is 11.6 Å². The second-order valence-corrected chi connectivity index (χ2v) is 9.09. The van der Waals surface area contributed by atoms with E-state index in [0.717, 1.165) is 10.8 Å². The molecule has 0 saturated heterocycles. The second-order valence-electron chi connectivity index (χ2n) is 6.59. The summed E-state index contributed by atoms with van der Waals surface area (Å²) in [6, 6.07) is 16.1. The van der Waals surface area contributed by atoms with E-state index < -0.39 is 20.4 Å². The molecule has 0 atom stereocenters. The maximum atomic E-state index is 14.4. The SMILES string of the molecule is Cc1cccc(C)c1-c1cccc(-c2c(F)cccc2F)c1[Si](C)C. The van der Waals surface area contributed by atoms with Crippen LogP contribution >= 0.6 is 0 Å². The van der Waals surface area contributed by atoms with E-state index in [0.29, 0.717) is 5.56 Å². The summed E-state index contributed by atoms with van der Waals surface area (Å²) in [5, 5.41) is 1.08. The Morgan fingerprint density at radius 1 is 0.640 bits per heavy atom. The number of halogens is 2. The Balaban J connectivity index is 2.38. The quantitative estimate of drug-likeness (QED) is 0.517. The molecule has 0 heterocycles. The molecule has 0 aliphatic rings. The van der Waals surface area contributed by atoms with Crippen LogP contribution in [0.2, 0.25) is 13.1 Å². The van der Waals surface area contributed by atoms with E-state index in [1.54, 1.807) is 0 Å². The minimum Gasteiger partial charge on any atom is -0.206 e. The van der Waals surface area contributed by atoms with Gasteiger partial charge < -0.3 is 0 Å². The van der Waals surface area contributed by atoms with E-state index in [4.69, 9.17) is 0 Å². The van der Waals surface area contributed by atoms with E-state index in [1.165, 1.54) is 34.9 Å². The summed E-state index contributed by atoms with van der Waals surface area (Å²) in [5.41, 5.74) is 5.37.